The van der Waals surface area contributed by atoms with Gasteiger partial charge in [0.2, 0.25) is 0 Å². The lowest BCUT2D eigenvalue weighted by atomic mass is 9.92. The summed E-state index contributed by atoms with van der Waals surface area (Å²) in [4.78, 5) is 1.12. The third kappa shape index (κ3) is 2.57. The number of hydrogen-bond acceptors (Lipinski definition) is 2. The Bertz CT molecular complexity index is 779. The molecule has 1 atom stereocenters. The SMILES string of the molecule is CSc1ccccc1C(O)c1c(C)ccc2ccccc12. The smallest absolute Gasteiger partial charge is 0.106 e. The van der Waals surface area contributed by atoms with E-state index in [1.165, 1.54) is 5.39 Å². The lowest BCUT2D eigenvalue weighted by Crippen LogP contribution is -2.04. The number of hydrogen-bond donors (Lipinski definition) is 1. The Morgan fingerprint density at radius 2 is 1.62 bits per heavy atom. The summed E-state index contributed by atoms with van der Waals surface area (Å²) in [5, 5.41) is 13.3. The molecule has 1 unspecified atom stereocenters. The molecule has 0 amide bonds. The van der Waals surface area contributed by atoms with Crippen molar-refractivity contribution in [2.24, 2.45) is 0 Å². The molecule has 0 aliphatic carbocycles. The lowest BCUT2D eigenvalue weighted by Gasteiger charge is -2.19. The van der Waals surface area contributed by atoms with Crippen LogP contribution in [0, 0.1) is 6.92 Å². The van der Waals surface area contributed by atoms with Gasteiger partial charge in [-0.15, -0.1) is 11.8 Å². The Morgan fingerprint density at radius 1 is 0.905 bits per heavy atom. The van der Waals surface area contributed by atoms with Crippen LogP contribution in [0.1, 0.15) is 22.8 Å². The van der Waals surface area contributed by atoms with Crippen molar-refractivity contribution >= 4 is 22.5 Å². The van der Waals surface area contributed by atoms with Crippen LogP contribution in [0.4, 0.5) is 0 Å². The molecule has 0 aliphatic rings. The van der Waals surface area contributed by atoms with E-state index in [1.54, 1.807) is 11.8 Å². The molecular formula is C19H18OS. The highest BCUT2D eigenvalue weighted by Gasteiger charge is 2.18. The molecule has 3 aromatic rings. The molecule has 0 aromatic heterocycles. The number of rotatable bonds is 3. The van der Waals surface area contributed by atoms with E-state index >= 15 is 0 Å². The summed E-state index contributed by atoms with van der Waals surface area (Å²) in [5.41, 5.74) is 3.11. The largest absolute Gasteiger partial charge is 0.384 e. The van der Waals surface area contributed by atoms with E-state index in [1.807, 2.05) is 36.6 Å². The van der Waals surface area contributed by atoms with Gasteiger partial charge in [-0.2, -0.15) is 0 Å². The third-order valence-corrected chi connectivity index (χ3v) is 4.71. The first-order valence-corrected chi connectivity index (χ1v) is 8.24. The molecule has 0 radical (unpaired) electrons. The Balaban J connectivity index is 2.22. The van der Waals surface area contributed by atoms with Gasteiger partial charge in [0, 0.05) is 4.90 Å². The fourth-order valence-corrected chi connectivity index (χ4v) is 3.45. The molecule has 0 saturated heterocycles. The van der Waals surface area contributed by atoms with Crippen LogP contribution in [0.3, 0.4) is 0 Å². The van der Waals surface area contributed by atoms with Crippen LogP contribution in [-0.4, -0.2) is 11.4 Å². The standard InChI is InChI=1S/C19H18OS/c1-13-11-12-14-7-3-4-8-15(14)18(13)19(20)16-9-5-6-10-17(16)21-2/h3-12,19-20H,1-2H3. The van der Waals surface area contributed by atoms with Gasteiger partial charge in [-0.1, -0.05) is 54.6 Å². The van der Waals surface area contributed by atoms with E-state index in [0.29, 0.717) is 0 Å². The van der Waals surface area contributed by atoms with Crippen LogP contribution in [0.2, 0.25) is 0 Å². The maximum Gasteiger partial charge on any atom is 0.106 e. The van der Waals surface area contributed by atoms with E-state index < -0.39 is 6.10 Å². The first-order chi connectivity index (χ1) is 10.2. The predicted octanol–water partition coefficient (Wildman–Crippen LogP) is 4.95. The van der Waals surface area contributed by atoms with Crippen molar-refractivity contribution in [1.29, 1.82) is 0 Å². The van der Waals surface area contributed by atoms with E-state index in [0.717, 1.165) is 27.0 Å². The summed E-state index contributed by atoms with van der Waals surface area (Å²) in [6.07, 6.45) is 1.45. The monoisotopic (exact) mass is 294 g/mol. The van der Waals surface area contributed by atoms with Crippen LogP contribution in [-0.2, 0) is 0 Å². The number of benzene rings is 3. The first-order valence-electron chi connectivity index (χ1n) is 7.01. The van der Waals surface area contributed by atoms with Gasteiger partial charge in [0.15, 0.2) is 0 Å². The average Bonchev–Trinajstić information content (AvgIpc) is 2.54. The predicted molar refractivity (Wildman–Crippen MR) is 91.0 cm³/mol. The van der Waals surface area contributed by atoms with Crippen molar-refractivity contribution in [2.75, 3.05) is 6.26 Å². The maximum atomic E-state index is 11.0. The number of fused-ring (bicyclic) bond motifs is 1. The van der Waals surface area contributed by atoms with E-state index in [9.17, 15) is 5.11 Å². The summed E-state index contributed by atoms with van der Waals surface area (Å²) in [7, 11) is 0. The summed E-state index contributed by atoms with van der Waals surface area (Å²) >= 11 is 1.67. The zero-order valence-corrected chi connectivity index (χ0v) is 13.0. The van der Waals surface area contributed by atoms with E-state index in [2.05, 4.69) is 37.3 Å². The number of aliphatic hydroxyl groups is 1. The second-order valence-electron chi connectivity index (χ2n) is 5.16. The Labute approximate surface area is 129 Å². The fourth-order valence-electron chi connectivity index (χ4n) is 2.82. The quantitative estimate of drug-likeness (QED) is 0.690. The van der Waals surface area contributed by atoms with E-state index in [-0.39, 0.29) is 0 Å². The summed E-state index contributed by atoms with van der Waals surface area (Å²) in [6.45, 7) is 2.06. The highest BCUT2D eigenvalue weighted by molar-refractivity contribution is 7.98. The third-order valence-electron chi connectivity index (χ3n) is 3.90. The molecule has 2 heteroatoms. The number of aryl methyl sites for hydroxylation is 1. The van der Waals surface area contributed by atoms with E-state index in [4.69, 9.17) is 0 Å². The zero-order valence-electron chi connectivity index (χ0n) is 12.2. The van der Waals surface area contributed by atoms with Gasteiger partial charge in [0.25, 0.3) is 0 Å². The van der Waals surface area contributed by atoms with Crippen molar-refractivity contribution in [3.63, 3.8) is 0 Å². The molecule has 0 aliphatic heterocycles. The highest BCUT2D eigenvalue weighted by atomic mass is 32.2. The molecule has 106 valence electrons. The first kappa shape index (κ1) is 14.2. The van der Waals surface area contributed by atoms with Crippen molar-refractivity contribution in [3.8, 4) is 0 Å². The lowest BCUT2D eigenvalue weighted by molar-refractivity contribution is 0.218. The summed E-state index contributed by atoms with van der Waals surface area (Å²) in [6, 6.07) is 20.5. The van der Waals surface area contributed by atoms with Crippen LogP contribution in [0.15, 0.2) is 65.6 Å². The molecule has 0 heterocycles. The molecule has 1 N–H and O–H groups in total. The zero-order chi connectivity index (χ0) is 14.8. The average molecular weight is 294 g/mol. The number of aliphatic hydroxyl groups excluding tert-OH is 1. The topological polar surface area (TPSA) is 20.2 Å². The van der Waals surface area contributed by atoms with Crippen molar-refractivity contribution in [1.82, 2.24) is 0 Å². The van der Waals surface area contributed by atoms with Crippen LogP contribution in [0.25, 0.3) is 10.8 Å². The van der Waals surface area contributed by atoms with Gasteiger partial charge in [0.05, 0.1) is 0 Å². The molecule has 0 fully saturated rings. The second-order valence-corrected chi connectivity index (χ2v) is 6.01. The van der Waals surface area contributed by atoms with Crippen LogP contribution >= 0.6 is 11.8 Å². The van der Waals surface area contributed by atoms with Gasteiger partial charge in [-0.05, 0) is 46.7 Å². The molecule has 3 rings (SSSR count). The fraction of sp³-hybridized carbons (Fsp3) is 0.158. The van der Waals surface area contributed by atoms with Gasteiger partial charge < -0.3 is 5.11 Å². The van der Waals surface area contributed by atoms with Gasteiger partial charge in [-0.25, -0.2) is 0 Å². The summed E-state index contributed by atoms with van der Waals surface area (Å²) in [5.74, 6) is 0. The molecule has 3 aromatic carbocycles. The Kier molecular flexibility index (Phi) is 4.00. The van der Waals surface area contributed by atoms with Crippen molar-refractivity contribution in [3.05, 3.63) is 77.4 Å². The van der Waals surface area contributed by atoms with Crippen LogP contribution < -0.4 is 0 Å². The van der Waals surface area contributed by atoms with Crippen molar-refractivity contribution in [2.45, 2.75) is 17.9 Å². The van der Waals surface area contributed by atoms with Gasteiger partial charge in [-0.3, -0.25) is 0 Å². The maximum absolute atomic E-state index is 11.0. The normalized spacial score (nSPS) is 12.5. The van der Waals surface area contributed by atoms with Crippen LogP contribution in [0.5, 0.6) is 0 Å². The van der Waals surface area contributed by atoms with Gasteiger partial charge >= 0.3 is 0 Å². The minimum atomic E-state index is -0.597. The Hall–Kier alpha value is -1.77. The molecule has 21 heavy (non-hydrogen) atoms. The Morgan fingerprint density at radius 3 is 2.43 bits per heavy atom. The minimum absolute atomic E-state index is 0.597. The van der Waals surface area contributed by atoms with Gasteiger partial charge in [0.1, 0.15) is 6.10 Å². The highest BCUT2D eigenvalue weighted by Crippen LogP contribution is 2.35. The van der Waals surface area contributed by atoms with Crippen molar-refractivity contribution < 1.29 is 5.11 Å². The molecule has 0 spiro atoms. The summed E-state index contributed by atoms with van der Waals surface area (Å²) < 4.78 is 0. The molecule has 1 nitrogen and oxygen atoms in total. The molecule has 0 bridgehead atoms. The molecular weight excluding hydrogens is 276 g/mol. The second kappa shape index (κ2) is 5.92. The molecule has 0 saturated carbocycles. The number of thioether (sulfide) groups is 1. The minimum Gasteiger partial charge on any atom is -0.384 e.